The first kappa shape index (κ1) is 15.7. The van der Waals surface area contributed by atoms with Gasteiger partial charge in [-0.3, -0.25) is 9.59 Å². The highest BCUT2D eigenvalue weighted by atomic mass is 79.9. The summed E-state index contributed by atoms with van der Waals surface area (Å²) in [5.74, 6) is 0.282. The van der Waals surface area contributed by atoms with Crippen LogP contribution in [-0.4, -0.2) is 36.1 Å². The zero-order valence-electron chi connectivity index (χ0n) is 12.6. The van der Waals surface area contributed by atoms with Crippen LogP contribution in [0.1, 0.15) is 10.4 Å². The summed E-state index contributed by atoms with van der Waals surface area (Å²) in [4.78, 5) is 24.4. The van der Waals surface area contributed by atoms with Gasteiger partial charge in [0.2, 0.25) is 11.3 Å². The molecule has 23 heavy (non-hydrogen) atoms. The van der Waals surface area contributed by atoms with E-state index in [4.69, 9.17) is 19.9 Å². The minimum atomic E-state index is -0.814. The summed E-state index contributed by atoms with van der Waals surface area (Å²) >= 11 is 3.35. The highest BCUT2D eigenvalue weighted by molar-refractivity contribution is 9.09. The maximum atomic E-state index is 12.7. The number of amides is 1. The van der Waals surface area contributed by atoms with Crippen LogP contribution in [-0.2, 0) is 6.54 Å². The van der Waals surface area contributed by atoms with Crippen LogP contribution in [0.2, 0.25) is 0 Å². The van der Waals surface area contributed by atoms with E-state index in [9.17, 15) is 9.59 Å². The Labute approximate surface area is 140 Å². The number of carbonyl (C=O) groups is 1. The molecule has 2 N–H and O–H groups in total. The van der Waals surface area contributed by atoms with Crippen molar-refractivity contribution < 1.29 is 19.0 Å². The number of nitrogens with zero attached hydrogens (tertiary/aromatic N) is 1. The minimum absolute atomic E-state index is 0.145. The fourth-order valence-corrected chi connectivity index (χ4v) is 3.09. The van der Waals surface area contributed by atoms with Crippen LogP contribution in [0.15, 0.2) is 16.9 Å². The van der Waals surface area contributed by atoms with Crippen molar-refractivity contribution >= 4 is 32.7 Å². The lowest BCUT2D eigenvalue weighted by Gasteiger charge is -2.13. The number of ether oxygens (including phenoxy) is 3. The van der Waals surface area contributed by atoms with E-state index >= 15 is 0 Å². The van der Waals surface area contributed by atoms with Crippen molar-refractivity contribution in [2.24, 2.45) is 5.73 Å². The summed E-state index contributed by atoms with van der Waals surface area (Å²) in [6.07, 6.45) is -0.189. The number of rotatable bonds is 4. The third-order valence-electron chi connectivity index (χ3n) is 3.81. The molecule has 1 atom stereocenters. The van der Waals surface area contributed by atoms with Crippen LogP contribution in [0.4, 0.5) is 0 Å². The number of methoxy groups -OCH3 is 2. The molecule has 0 spiro atoms. The van der Waals surface area contributed by atoms with Gasteiger partial charge in [-0.1, -0.05) is 15.9 Å². The third-order valence-corrected chi connectivity index (χ3v) is 4.53. The minimum Gasteiger partial charge on any atom is -0.493 e. The molecule has 2 aromatic rings. The maximum Gasteiger partial charge on any atom is 0.258 e. The number of hydrogen-bond donors (Lipinski definition) is 1. The molecule has 1 unspecified atom stereocenters. The van der Waals surface area contributed by atoms with E-state index < -0.39 is 11.3 Å². The molecule has 1 aliphatic rings. The molecule has 8 heteroatoms. The zero-order valence-corrected chi connectivity index (χ0v) is 14.2. The fourth-order valence-electron chi connectivity index (χ4n) is 2.75. The molecule has 0 saturated heterocycles. The van der Waals surface area contributed by atoms with Gasteiger partial charge in [0.25, 0.3) is 5.91 Å². The lowest BCUT2D eigenvalue weighted by molar-refractivity contribution is 0.0994. The molecule has 0 aliphatic carbocycles. The molecule has 1 aromatic heterocycles. The van der Waals surface area contributed by atoms with E-state index in [1.165, 1.54) is 14.2 Å². The smallest absolute Gasteiger partial charge is 0.258 e. The van der Waals surface area contributed by atoms with E-state index in [0.717, 1.165) is 0 Å². The normalized spacial score (nSPS) is 16.0. The van der Waals surface area contributed by atoms with E-state index in [2.05, 4.69) is 15.9 Å². The number of hydrogen-bond acceptors (Lipinski definition) is 5. The van der Waals surface area contributed by atoms with Gasteiger partial charge in [0.1, 0.15) is 11.7 Å². The van der Waals surface area contributed by atoms with Crippen molar-refractivity contribution in [3.63, 3.8) is 0 Å². The van der Waals surface area contributed by atoms with Gasteiger partial charge in [0, 0.05) is 11.4 Å². The first-order valence-corrected chi connectivity index (χ1v) is 7.98. The second-order valence-corrected chi connectivity index (χ2v) is 5.75. The SMILES string of the molecule is COc1cc2c(=O)c(C(N)=O)c3n(c2cc1OC)CC(CBr)O3. The first-order chi connectivity index (χ1) is 11.0. The quantitative estimate of drug-likeness (QED) is 0.803. The average Bonchev–Trinajstić information content (AvgIpc) is 2.97. The zero-order chi connectivity index (χ0) is 16.7. The van der Waals surface area contributed by atoms with Crippen LogP contribution >= 0.6 is 15.9 Å². The van der Waals surface area contributed by atoms with Crippen LogP contribution in [0.3, 0.4) is 0 Å². The Balaban J connectivity index is 2.42. The molecular formula is C15H15BrN2O5. The summed E-state index contributed by atoms with van der Waals surface area (Å²) in [6.45, 7) is 0.493. The number of fused-ring (bicyclic) bond motifs is 3. The number of aromatic nitrogens is 1. The Morgan fingerprint density at radius 1 is 1.39 bits per heavy atom. The molecule has 1 amide bonds. The van der Waals surface area contributed by atoms with Crippen molar-refractivity contribution in [3.05, 3.63) is 27.9 Å². The Kier molecular flexibility index (Phi) is 3.93. The Bertz CT molecular complexity index is 861. The van der Waals surface area contributed by atoms with Crippen molar-refractivity contribution in [2.45, 2.75) is 12.6 Å². The van der Waals surface area contributed by atoms with Crippen molar-refractivity contribution in [1.29, 1.82) is 0 Å². The van der Waals surface area contributed by atoms with E-state index in [0.29, 0.717) is 34.3 Å². The second-order valence-electron chi connectivity index (χ2n) is 5.10. The molecule has 122 valence electrons. The maximum absolute atomic E-state index is 12.7. The van der Waals surface area contributed by atoms with E-state index in [1.807, 2.05) is 0 Å². The predicted molar refractivity (Wildman–Crippen MR) is 88.0 cm³/mol. The number of carbonyl (C=O) groups excluding carboxylic acids is 1. The molecule has 7 nitrogen and oxygen atoms in total. The predicted octanol–water partition coefficient (Wildman–Crippen LogP) is 1.27. The number of primary amides is 1. The molecular weight excluding hydrogens is 368 g/mol. The molecule has 1 aliphatic heterocycles. The van der Waals surface area contributed by atoms with Crippen LogP contribution in [0, 0.1) is 0 Å². The van der Waals surface area contributed by atoms with E-state index in [-0.39, 0.29) is 17.5 Å². The Hall–Kier alpha value is -2.22. The van der Waals surface area contributed by atoms with Crippen LogP contribution in [0.5, 0.6) is 17.4 Å². The van der Waals surface area contributed by atoms with Gasteiger partial charge in [-0.2, -0.15) is 0 Å². The summed E-state index contributed by atoms with van der Waals surface area (Å²) in [6, 6.07) is 3.25. The average molecular weight is 383 g/mol. The topological polar surface area (TPSA) is 92.8 Å². The number of halogens is 1. The molecule has 2 heterocycles. The van der Waals surface area contributed by atoms with Gasteiger partial charge >= 0.3 is 0 Å². The summed E-state index contributed by atoms with van der Waals surface area (Å²) in [5, 5.41) is 0.898. The number of benzene rings is 1. The molecule has 3 rings (SSSR count). The number of nitrogens with two attached hydrogens (primary N) is 1. The molecule has 0 bridgehead atoms. The van der Waals surface area contributed by atoms with Gasteiger partial charge in [0.15, 0.2) is 11.5 Å². The highest BCUT2D eigenvalue weighted by Crippen LogP contribution is 2.36. The molecule has 1 aromatic carbocycles. The summed E-state index contributed by atoms with van der Waals surface area (Å²) < 4.78 is 18.0. The van der Waals surface area contributed by atoms with Crippen molar-refractivity contribution in [3.8, 4) is 17.4 Å². The summed E-state index contributed by atoms with van der Waals surface area (Å²) in [7, 11) is 3.00. The largest absolute Gasteiger partial charge is 0.493 e. The van der Waals surface area contributed by atoms with Crippen LogP contribution in [0.25, 0.3) is 10.9 Å². The first-order valence-electron chi connectivity index (χ1n) is 6.86. The lowest BCUT2D eigenvalue weighted by Crippen LogP contribution is -2.24. The van der Waals surface area contributed by atoms with E-state index in [1.54, 1.807) is 16.7 Å². The van der Waals surface area contributed by atoms with Gasteiger partial charge in [0.05, 0.1) is 31.7 Å². The second kappa shape index (κ2) is 5.77. The number of alkyl halides is 1. The molecule has 0 saturated carbocycles. The van der Waals surface area contributed by atoms with Gasteiger partial charge in [-0.25, -0.2) is 0 Å². The van der Waals surface area contributed by atoms with Crippen molar-refractivity contribution in [1.82, 2.24) is 4.57 Å². The van der Waals surface area contributed by atoms with Gasteiger partial charge in [-0.15, -0.1) is 0 Å². The van der Waals surface area contributed by atoms with Crippen molar-refractivity contribution in [2.75, 3.05) is 19.5 Å². The third kappa shape index (κ3) is 2.33. The standard InChI is InChI=1S/C15H15BrN2O5/c1-21-10-3-8-9(4-11(10)22-2)18-6-7(5-16)23-15(18)12(13(8)19)14(17)20/h3-4,7H,5-6H2,1-2H3,(H2,17,20). The highest BCUT2D eigenvalue weighted by Gasteiger charge is 2.31. The van der Waals surface area contributed by atoms with Gasteiger partial charge < -0.3 is 24.5 Å². The molecule has 0 radical (unpaired) electrons. The Morgan fingerprint density at radius 3 is 2.61 bits per heavy atom. The number of pyridine rings is 1. The molecule has 0 fully saturated rings. The van der Waals surface area contributed by atoms with Crippen LogP contribution < -0.4 is 25.4 Å². The summed E-state index contributed by atoms with van der Waals surface area (Å²) in [5.41, 5.74) is 5.38. The monoisotopic (exact) mass is 382 g/mol. The van der Waals surface area contributed by atoms with Gasteiger partial charge in [-0.05, 0) is 6.07 Å². The lowest BCUT2D eigenvalue weighted by atomic mass is 10.1. The Morgan fingerprint density at radius 2 is 2.04 bits per heavy atom. The fraction of sp³-hybridized carbons (Fsp3) is 0.333.